The van der Waals surface area contributed by atoms with Crippen LogP contribution in [0.4, 0.5) is 0 Å². The zero-order valence-electron chi connectivity index (χ0n) is 13.7. The molecule has 0 N–H and O–H groups in total. The van der Waals surface area contributed by atoms with E-state index in [4.69, 9.17) is 14.0 Å². The van der Waals surface area contributed by atoms with E-state index in [2.05, 4.69) is 28.9 Å². The fourth-order valence-electron chi connectivity index (χ4n) is 3.18. The van der Waals surface area contributed by atoms with Crippen LogP contribution in [0.3, 0.4) is 0 Å². The van der Waals surface area contributed by atoms with Gasteiger partial charge in [-0.2, -0.15) is 4.98 Å². The van der Waals surface area contributed by atoms with Gasteiger partial charge in [0.05, 0.1) is 25.4 Å². The third-order valence-corrected chi connectivity index (χ3v) is 4.46. The largest absolute Gasteiger partial charge is 0.377 e. The van der Waals surface area contributed by atoms with Crippen LogP contribution >= 0.6 is 0 Å². The molecule has 0 unspecified atom stereocenters. The Hall–Kier alpha value is -0.980. The number of likely N-dealkylation sites (tertiary alicyclic amines) is 1. The van der Waals surface area contributed by atoms with Gasteiger partial charge in [-0.25, -0.2) is 0 Å². The maximum absolute atomic E-state index is 5.78. The van der Waals surface area contributed by atoms with Crippen molar-refractivity contribution in [3.8, 4) is 0 Å². The molecule has 3 rings (SSSR count). The standard InChI is InChI=1S/C16H27N3O3/c1-12(2)16-17-15(18-22-16)14-6-3-7-19(14)8-10-20-11-13-5-4-9-21-13/h12-14H,3-11H2,1-2H3/t13-,14+/m1/s1. The van der Waals surface area contributed by atoms with Crippen molar-refractivity contribution in [1.82, 2.24) is 15.0 Å². The molecule has 1 aromatic heterocycles. The van der Waals surface area contributed by atoms with Crippen molar-refractivity contribution in [2.75, 3.05) is 32.9 Å². The lowest BCUT2D eigenvalue weighted by atomic mass is 10.2. The van der Waals surface area contributed by atoms with E-state index < -0.39 is 0 Å². The zero-order chi connectivity index (χ0) is 15.4. The average molecular weight is 309 g/mol. The highest BCUT2D eigenvalue weighted by atomic mass is 16.5. The Bertz CT molecular complexity index is 457. The van der Waals surface area contributed by atoms with Crippen LogP contribution in [-0.4, -0.2) is 54.1 Å². The second kappa shape index (κ2) is 7.53. The van der Waals surface area contributed by atoms with Crippen molar-refractivity contribution in [3.63, 3.8) is 0 Å². The molecule has 0 aliphatic carbocycles. The topological polar surface area (TPSA) is 60.6 Å². The Balaban J connectivity index is 1.45. The highest BCUT2D eigenvalue weighted by Crippen LogP contribution is 2.30. The Morgan fingerprint density at radius 3 is 2.95 bits per heavy atom. The number of ether oxygens (including phenoxy) is 2. The molecule has 1 aromatic rings. The summed E-state index contributed by atoms with van der Waals surface area (Å²) in [6, 6.07) is 0.280. The van der Waals surface area contributed by atoms with Gasteiger partial charge in [0.1, 0.15) is 0 Å². The second-order valence-corrected chi connectivity index (χ2v) is 6.55. The Kier molecular flexibility index (Phi) is 5.44. The van der Waals surface area contributed by atoms with E-state index >= 15 is 0 Å². The van der Waals surface area contributed by atoms with Crippen LogP contribution in [0.25, 0.3) is 0 Å². The van der Waals surface area contributed by atoms with Gasteiger partial charge in [0.15, 0.2) is 5.82 Å². The van der Waals surface area contributed by atoms with Crippen molar-refractivity contribution in [1.29, 1.82) is 0 Å². The van der Waals surface area contributed by atoms with E-state index in [0.29, 0.717) is 6.10 Å². The summed E-state index contributed by atoms with van der Waals surface area (Å²) in [6.45, 7) is 8.50. The molecule has 0 bridgehead atoms. The molecule has 6 nitrogen and oxygen atoms in total. The van der Waals surface area contributed by atoms with Crippen molar-refractivity contribution >= 4 is 0 Å². The molecular formula is C16H27N3O3. The smallest absolute Gasteiger partial charge is 0.229 e. The molecule has 0 radical (unpaired) electrons. The third kappa shape index (κ3) is 3.86. The van der Waals surface area contributed by atoms with Gasteiger partial charge < -0.3 is 14.0 Å². The molecule has 2 fully saturated rings. The molecule has 0 spiro atoms. The van der Waals surface area contributed by atoms with Gasteiger partial charge in [-0.1, -0.05) is 19.0 Å². The SMILES string of the molecule is CC(C)c1nc([C@@H]2CCCN2CCOC[C@H]2CCCO2)no1. The lowest BCUT2D eigenvalue weighted by molar-refractivity contribution is 0.00920. The summed E-state index contributed by atoms with van der Waals surface area (Å²) < 4.78 is 16.7. The molecule has 0 amide bonds. The minimum atomic E-state index is 0.280. The average Bonchev–Trinajstić information content (AvgIpc) is 3.23. The van der Waals surface area contributed by atoms with E-state index in [1.54, 1.807) is 0 Å². The molecule has 2 aliphatic rings. The summed E-state index contributed by atoms with van der Waals surface area (Å²) in [5.74, 6) is 1.85. The predicted molar refractivity (Wildman–Crippen MR) is 81.7 cm³/mol. The molecule has 0 saturated carbocycles. The molecular weight excluding hydrogens is 282 g/mol. The summed E-state index contributed by atoms with van der Waals surface area (Å²) in [5, 5.41) is 4.17. The maximum Gasteiger partial charge on any atom is 0.229 e. The molecule has 2 aliphatic heterocycles. The van der Waals surface area contributed by atoms with Crippen molar-refractivity contribution in [2.24, 2.45) is 0 Å². The fraction of sp³-hybridized carbons (Fsp3) is 0.875. The molecule has 6 heteroatoms. The van der Waals surface area contributed by atoms with Crippen LogP contribution in [0.1, 0.15) is 63.2 Å². The molecule has 22 heavy (non-hydrogen) atoms. The molecule has 2 saturated heterocycles. The van der Waals surface area contributed by atoms with Crippen LogP contribution in [0, 0.1) is 0 Å². The van der Waals surface area contributed by atoms with Gasteiger partial charge in [-0.3, -0.25) is 4.90 Å². The zero-order valence-corrected chi connectivity index (χ0v) is 13.7. The second-order valence-electron chi connectivity index (χ2n) is 6.55. The minimum Gasteiger partial charge on any atom is -0.377 e. The van der Waals surface area contributed by atoms with Crippen LogP contribution in [0.5, 0.6) is 0 Å². The van der Waals surface area contributed by atoms with Crippen LogP contribution in [0.15, 0.2) is 4.52 Å². The lowest BCUT2D eigenvalue weighted by Gasteiger charge is -2.22. The van der Waals surface area contributed by atoms with Crippen LogP contribution in [-0.2, 0) is 9.47 Å². The third-order valence-electron chi connectivity index (χ3n) is 4.46. The quantitative estimate of drug-likeness (QED) is 0.721. The van der Waals surface area contributed by atoms with Gasteiger partial charge in [0.2, 0.25) is 5.89 Å². The van der Waals surface area contributed by atoms with E-state index in [-0.39, 0.29) is 12.0 Å². The first-order valence-electron chi connectivity index (χ1n) is 8.51. The molecule has 124 valence electrons. The number of rotatable bonds is 7. The number of aromatic nitrogens is 2. The van der Waals surface area contributed by atoms with Crippen molar-refractivity contribution < 1.29 is 14.0 Å². The highest BCUT2D eigenvalue weighted by molar-refractivity contribution is 4.99. The number of nitrogens with zero attached hydrogens (tertiary/aromatic N) is 3. The summed E-state index contributed by atoms with van der Waals surface area (Å²) >= 11 is 0. The summed E-state index contributed by atoms with van der Waals surface area (Å²) in [7, 11) is 0. The predicted octanol–water partition coefficient (Wildman–Crippen LogP) is 2.53. The first-order chi connectivity index (χ1) is 10.7. The Morgan fingerprint density at radius 1 is 1.32 bits per heavy atom. The van der Waals surface area contributed by atoms with E-state index in [9.17, 15) is 0 Å². The number of hydrogen-bond donors (Lipinski definition) is 0. The summed E-state index contributed by atoms with van der Waals surface area (Å²) in [5.41, 5.74) is 0. The summed E-state index contributed by atoms with van der Waals surface area (Å²) in [4.78, 5) is 6.96. The van der Waals surface area contributed by atoms with Crippen molar-refractivity contribution in [2.45, 2.75) is 57.6 Å². The fourth-order valence-corrected chi connectivity index (χ4v) is 3.18. The minimum absolute atomic E-state index is 0.280. The molecule has 0 aromatic carbocycles. The molecule has 3 heterocycles. The lowest BCUT2D eigenvalue weighted by Crippen LogP contribution is -2.29. The highest BCUT2D eigenvalue weighted by Gasteiger charge is 2.30. The van der Waals surface area contributed by atoms with Crippen LogP contribution < -0.4 is 0 Å². The van der Waals surface area contributed by atoms with Gasteiger partial charge in [-0.05, 0) is 32.2 Å². The van der Waals surface area contributed by atoms with Gasteiger partial charge >= 0.3 is 0 Å². The monoisotopic (exact) mass is 309 g/mol. The number of hydrogen-bond acceptors (Lipinski definition) is 6. The van der Waals surface area contributed by atoms with Gasteiger partial charge in [0, 0.05) is 19.1 Å². The summed E-state index contributed by atoms with van der Waals surface area (Å²) in [6.07, 6.45) is 4.89. The maximum atomic E-state index is 5.78. The van der Waals surface area contributed by atoms with Gasteiger partial charge in [0.25, 0.3) is 0 Å². The molecule has 2 atom stereocenters. The van der Waals surface area contributed by atoms with E-state index in [0.717, 1.165) is 63.9 Å². The van der Waals surface area contributed by atoms with Crippen LogP contribution in [0.2, 0.25) is 0 Å². The van der Waals surface area contributed by atoms with E-state index in [1.165, 1.54) is 6.42 Å². The Labute approximate surface area is 132 Å². The normalized spacial score (nSPS) is 26.3. The first-order valence-corrected chi connectivity index (χ1v) is 8.51. The Morgan fingerprint density at radius 2 is 2.23 bits per heavy atom. The first kappa shape index (κ1) is 15.9. The van der Waals surface area contributed by atoms with Crippen molar-refractivity contribution in [3.05, 3.63) is 11.7 Å². The van der Waals surface area contributed by atoms with E-state index in [1.807, 2.05) is 0 Å². The van der Waals surface area contributed by atoms with Gasteiger partial charge in [-0.15, -0.1) is 0 Å².